The molecule has 1 atom stereocenters. The van der Waals surface area contributed by atoms with E-state index in [9.17, 15) is 4.79 Å². The molecule has 0 saturated heterocycles. The van der Waals surface area contributed by atoms with Crippen LogP contribution in [0.5, 0.6) is 0 Å². The van der Waals surface area contributed by atoms with Crippen LogP contribution >= 0.6 is 0 Å². The molecule has 5 heteroatoms. The topological polar surface area (TPSA) is 108 Å². The number of carbonyl (C=O) groups is 1. The SMILES string of the molecule is NCC1CCC(C(N)=O)(C(Cc2ccccc2)c2cc(-c3ccccc3)cc(N)n2)CC1. The van der Waals surface area contributed by atoms with E-state index in [-0.39, 0.29) is 11.8 Å². The Hall–Kier alpha value is -3.18. The van der Waals surface area contributed by atoms with Gasteiger partial charge in [-0.15, -0.1) is 0 Å². The number of anilines is 1. The molecular weight excluding hydrogens is 396 g/mol. The molecule has 2 aromatic carbocycles. The molecule has 4 rings (SSSR count). The summed E-state index contributed by atoms with van der Waals surface area (Å²) in [5.41, 5.74) is 21.7. The van der Waals surface area contributed by atoms with Gasteiger partial charge in [0.1, 0.15) is 5.82 Å². The number of nitrogens with zero attached hydrogens (tertiary/aromatic N) is 1. The van der Waals surface area contributed by atoms with Crippen LogP contribution in [0.2, 0.25) is 0 Å². The molecule has 32 heavy (non-hydrogen) atoms. The average molecular weight is 429 g/mol. The fourth-order valence-corrected chi connectivity index (χ4v) is 5.18. The van der Waals surface area contributed by atoms with Crippen LogP contribution < -0.4 is 17.2 Å². The molecule has 0 radical (unpaired) electrons. The number of benzene rings is 2. The quantitative estimate of drug-likeness (QED) is 0.522. The lowest BCUT2D eigenvalue weighted by molar-refractivity contribution is -0.131. The van der Waals surface area contributed by atoms with Crippen LogP contribution in [-0.4, -0.2) is 17.4 Å². The molecule has 1 heterocycles. The van der Waals surface area contributed by atoms with Crippen molar-refractivity contribution < 1.29 is 4.79 Å². The minimum absolute atomic E-state index is 0.160. The zero-order chi connectivity index (χ0) is 22.6. The number of hydrogen-bond acceptors (Lipinski definition) is 4. The molecule has 1 unspecified atom stereocenters. The van der Waals surface area contributed by atoms with Crippen LogP contribution in [0.25, 0.3) is 11.1 Å². The van der Waals surface area contributed by atoms with Gasteiger partial charge in [0.25, 0.3) is 0 Å². The van der Waals surface area contributed by atoms with E-state index >= 15 is 0 Å². The van der Waals surface area contributed by atoms with E-state index in [2.05, 4.69) is 30.3 Å². The average Bonchev–Trinajstić information content (AvgIpc) is 2.83. The summed E-state index contributed by atoms with van der Waals surface area (Å²) < 4.78 is 0. The first kappa shape index (κ1) is 22.0. The smallest absolute Gasteiger partial charge is 0.224 e. The van der Waals surface area contributed by atoms with E-state index < -0.39 is 5.41 Å². The third-order valence-corrected chi connectivity index (χ3v) is 7.10. The Morgan fingerprint density at radius 2 is 1.59 bits per heavy atom. The third-order valence-electron chi connectivity index (χ3n) is 7.10. The van der Waals surface area contributed by atoms with Crippen molar-refractivity contribution in [2.75, 3.05) is 12.3 Å². The second-order valence-corrected chi connectivity index (χ2v) is 9.01. The van der Waals surface area contributed by atoms with Gasteiger partial charge >= 0.3 is 0 Å². The largest absolute Gasteiger partial charge is 0.384 e. The molecule has 1 amide bonds. The minimum atomic E-state index is -0.670. The summed E-state index contributed by atoms with van der Waals surface area (Å²) in [6.45, 7) is 0.646. The van der Waals surface area contributed by atoms with Gasteiger partial charge in [-0.3, -0.25) is 4.79 Å². The van der Waals surface area contributed by atoms with Crippen LogP contribution in [0.4, 0.5) is 5.82 Å². The summed E-state index contributed by atoms with van der Waals surface area (Å²) in [6.07, 6.45) is 3.93. The highest BCUT2D eigenvalue weighted by Crippen LogP contribution is 2.50. The normalized spacial score (nSPS) is 21.7. The molecular formula is C27H32N4O. The third kappa shape index (κ3) is 4.53. The number of nitrogens with two attached hydrogens (primary N) is 3. The standard InChI is InChI=1S/C27H32N4O/c28-18-20-11-13-27(14-12-20,26(30)32)23(15-19-7-3-1-4-8-19)24-16-22(17-25(29)31-24)21-9-5-2-6-10-21/h1-10,16-17,20,23H,11-15,18,28H2,(H2,29,31)(H2,30,32). The maximum atomic E-state index is 13.0. The van der Waals surface area contributed by atoms with Gasteiger partial charge in [0.05, 0.1) is 5.41 Å². The Bertz CT molecular complexity index is 1040. The van der Waals surface area contributed by atoms with E-state index in [0.717, 1.165) is 48.1 Å². The molecule has 1 saturated carbocycles. The number of hydrogen-bond donors (Lipinski definition) is 3. The van der Waals surface area contributed by atoms with E-state index in [4.69, 9.17) is 22.2 Å². The highest BCUT2D eigenvalue weighted by atomic mass is 16.1. The second-order valence-electron chi connectivity index (χ2n) is 9.01. The number of rotatable bonds is 7. The molecule has 5 nitrogen and oxygen atoms in total. The van der Waals surface area contributed by atoms with Gasteiger partial charge < -0.3 is 17.2 Å². The van der Waals surface area contributed by atoms with Crippen molar-refractivity contribution in [2.24, 2.45) is 22.8 Å². The summed E-state index contributed by atoms with van der Waals surface area (Å²) in [5.74, 6) is 0.481. The lowest BCUT2D eigenvalue weighted by Crippen LogP contribution is -2.46. The number of amides is 1. The summed E-state index contributed by atoms with van der Waals surface area (Å²) in [7, 11) is 0. The van der Waals surface area contributed by atoms with E-state index in [1.54, 1.807) is 0 Å². The molecule has 1 aliphatic rings. The molecule has 1 aromatic heterocycles. The molecule has 1 fully saturated rings. The van der Waals surface area contributed by atoms with Crippen molar-refractivity contribution in [1.29, 1.82) is 0 Å². The Morgan fingerprint density at radius 3 is 2.19 bits per heavy atom. The maximum absolute atomic E-state index is 13.0. The summed E-state index contributed by atoms with van der Waals surface area (Å²) in [5, 5.41) is 0. The number of nitrogen functional groups attached to an aromatic ring is 1. The van der Waals surface area contributed by atoms with Crippen LogP contribution in [0, 0.1) is 11.3 Å². The van der Waals surface area contributed by atoms with Crippen molar-refractivity contribution in [3.63, 3.8) is 0 Å². The number of aromatic nitrogens is 1. The van der Waals surface area contributed by atoms with Crippen molar-refractivity contribution in [3.8, 4) is 11.1 Å². The molecule has 0 aliphatic heterocycles. The van der Waals surface area contributed by atoms with Gasteiger partial charge in [-0.25, -0.2) is 4.98 Å². The van der Waals surface area contributed by atoms with Gasteiger partial charge in [0.2, 0.25) is 5.91 Å². The molecule has 0 spiro atoms. The van der Waals surface area contributed by atoms with Crippen LogP contribution in [-0.2, 0) is 11.2 Å². The predicted octanol–water partition coefficient (Wildman–Crippen LogP) is 4.28. The number of primary amides is 1. The first-order valence-corrected chi connectivity index (χ1v) is 11.4. The first-order valence-electron chi connectivity index (χ1n) is 11.4. The number of pyridine rings is 1. The highest BCUT2D eigenvalue weighted by Gasteiger charge is 2.47. The number of carbonyl (C=O) groups excluding carboxylic acids is 1. The van der Waals surface area contributed by atoms with Gasteiger partial charge in [0.15, 0.2) is 0 Å². The zero-order valence-corrected chi connectivity index (χ0v) is 18.4. The predicted molar refractivity (Wildman–Crippen MR) is 130 cm³/mol. The van der Waals surface area contributed by atoms with Gasteiger partial charge in [0, 0.05) is 11.6 Å². The Kier molecular flexibility index (Phi) is 6.56. The molecule has 3 aromatic rings. The lowest BCUT2D eigenvalue weighted by atomic mass is 9.60. The van der Waals surface area contributed by atoms with Gasteiger partial charge in [-0.05, 0) is 73.4 Å². The fraction of sp³-hybridized carbons (Fsp3) is 0.333. The highest BCUT2D eigenvalue weighted by molar-refractivity contribution is 5.82. The second kappa shape index (κ2) is 9.53. The van der Waals surface area contributed by atoms with Gasteiger partial charge in [-0.1, -0.05) is 60.7 Å². The van der Waals surface area contributed by atoms with Crippen LogP contribution in [0.3, 0.4) is 0 Å². The first-order chi connectivity index (χ1) is 15.5. The Morgan fingerprint density at radius 1 is 0.969 bits per heavy atom. The summed E-state index contributed by atoms with van der Waals surface area (Å²) >= 11 is 0. The van der Waals surface area contributed by atoms with Crippen molar-refractivity contribution >= 4 is 11.7 Å². The van der Waals surface area contributed by atoms with Crippen molar-refractivity contribution in [2.45, 2.75) is 38.0 Å². The fourth-order valence-electron chi connectivity index (χ4n) is 5.18. The monoisotopic (exact) mass is 428 g/mol. The molecule has 6 N–H and O–H groups in total. The summed E-state index contributed by atoms with van der Waals surface area (Å²) in [6, 6.07) is 24.3. The molecule has 166 valence electrons. The summed E-state index contributed by atoms with van der Waals surface area (Å²) in [4.78, 5) is 17.8. The minimum Gasteiger partial charge on any atom is -0.384 e. The van der Waals surface area contributed by atoms with Crippen LogP contribution in [0.1, 0.15) is 42.9 Å². The Balaban J connectivity index is 1.81. The zero-order valence-electron chi connectivity index (χ0n) is 18.4. The van der Waals surface area contributed by atoms with E-state index in [1.165, 1.54) is 0 Å². The lowest BCUT2D eigenvalue weighted by Gasteiger charge is -2.43. The molecule has 1 aliphatic carbocycles. The van der Waals surface area contributed by atoms with Gasteiger partial charge in [-0.2, -0.15) is 0 Å². The maximum Gasteiger partial charge on any atom is 0.224 e. The van der Waals surface area contributed by atoms with Crippen molar-refractivity contribution in [1.82, 2.24) is 4.98 Å². The van der Waals surface area contributed by atoms with E-state index in [1.807, 2.05) is 42.5 Å². The molecule has 0 bridgehead atoms. The van der Waals surface area contributed by atoms with Crippen molar-refractivity contribution in [3.05, 3.63) is 84.1 Å². The van der Waals surface area contributed by atoms with Crippen LogP contribution in [0.15, 0.2) is 72.8 Å². The Labute approximate surface area is 190 Å². The van der Waals surface area contributed by atoms with E-state index in [0.29, 0.717) is 24.7 Å².